The average Bonchev–Trinajstić information content (AvgIpc) is 2.85. The highest BCUT2D eigenvalue weighted by Gasteiger charge is 2.39. The molecule has 2 aromatic rings. The Labute approximate surface area is 128 Å². The first-order chi connectivity index (χ1) is 9.70. The van der Waals surface area contributed by atoms with Gasteiger partial charge in [0, 0.05) is 17.6 Å². The third kappa shape index (κ3) is 2.53. The van der Waals surface area contributed by atoms with Crippen molar-refractivity contribution in [2.24, 2.45) is 0 Å². The number of benzene rings is 2. The number of hydrogen-bond donors (Lipinski definition) is 0. The monoisotopic (exact) mass is 331 g/mol. The van der Waals surface area contributed by atoms with E-state index < -0.39 is 0 Å². The van der Waals surface area contributed by atoms with Crippen LogP contribution in [0.3, 0.4) is 0 Å². The summed E-state index contributed by atoms with van der Waals surface area (Å²) in [5.74, 6) is 0. The van der Waals surface area contributed by atoms with Crippen molar-refractivity contribution in [3.05, 3.63) is 70.2 Å². The summed E-state index contributed by atoms with van der Waals surface area (Å²) in [4.78, 5) is 2.39. The molecule has 1 atom stereocenters. The van der Waals surface area contributed by atoms with Crippen LogP contribution in [0.1, 0.15) is 18.1 Å². The second-order valence-corrected chi connectivity index (χ2v) is 6.06. The molecule has 3 heteroatoms. The van der Waals surface area contributed by atoms with E-state index in [1.54, 1.807) is 0 Å². The Morgan fingerprint density at radius 2 is 1.80 bits per heavy atom. The Balaban J connectivity index is 1.88. The second kappa shape index (κ2) is 5.68. The molecule has 1 aliphatic rings. The van der Waals surface area contributed by atoms with Crippen LogP contribution >= 0.6 is 15.9 Å². The van der Waals surface area contributed by atoms with Crippen molar-refractivity contribution in [1.82, 2.24) is 4.90 Å². The minimum Gasteiger partial charge on any atom is -0.355 e. The zero-order chi connectivity index (χ0) is 14.0. The predicted molar refractivity (Wildman–Crippen MR) is 84.3 cm³/mol. The first kappa shape index (κ1) is 13.8. The van der Waals surface area contributed by atoms with Crippen molar-refractivity contribution in [1.29, 1.82) is 0 Å². The molecule has 1 saturated heterocycles. The lowest BCUT2D eigenvalue weighted by molar-refractivity contribution is -0.0765. The average molecular weight is 332 g/mol. The van der Waals surface area contributed by atoms with E-state index in [1.165, 1.54) is 11.1 Å². The van der Waals surface area contributed by atoms with E-state index >= 15 is 0 Å². The molecule has 3 rings (SSSR count). The molecule has 20 heavy (non-hydrogen) atoms. The van der Waals surface area contributed by atoms with Crippen LogP contribution in [0.15, 0.2) is 59.1 Å². The number of rotatable bonds is 3. The fourth-order valence-electron chi connectivity index (χ4n) is 2.73. The zero-order valence-corrected chi connectivity index (χ0v) is 13.1. The van der Waals surface area contributed by atoms with Crippen LogP contribution in [0.2, 0.25) is 0 Å². The molecule has 0 amide bonds. The van der Waals surface area contributed by atoms with Gasteiger partial charge < -0.3 is 4.74 Å². The Kier molecular flexibility index (Phi) is 3.92. The van der Waals surface area contributed by atoms with E-state index in [4.69, 9.17) is 4.74 Å². The summed E-state index contributed by atoms with van der Waals surface area (Å²) in [6.45, 7) is 4.77. The zero-order valence-electron chi connectivity index (χ0n) is 11.6. The Morgan fingerprint density at radius 3 is 2.55 bits per heavy atom. The Morgan fingerprint density at radius 1 is 1.10 bits per heavy atom. The molecular weight excluding hydrogens is 314 g/mol. The summed E-state index contributed by atoms with van der Waals surface area (Å²) in [7, 11) is 0. The van der Waals surface area contributed by atoms with Crippen molar-refractivity contribution >= 4 is 15.9 Å². The van der Waals surface area contributed by atoms with Crippen LogP contribution in [-0.4, -0.2) is 18.1 Å². The maximum absolute atomic E-state index is 6.06. The van der Waals surface area contributed by atoms with Crippen molar-refractivity contribution in [2.45, 2.75) is 19.2 Å². The van der Waals surface area contributed by atoms with E-state index in [-0.39, 0.29) is 5.72 Å². The minimum absolute atomic E-state index is 0.337. The molecule has 0 aromatic heterocycles. The number of ether oxygens (including phenoxy) is 1. The van der Waals surface area contributed by atoms with Crippen molar-refractivity contribution < 1.29 is 4.74 Å². The summed E-state index contributed by atoms with van der Waals surface area (Å²) in [5, 5.41) is 0. The Hall–Kier alpha value is -1.16. The molecule has 0 spiro atoms. The van der Waals surface area contributed by atoms with Gasteiger partial charge in [-0.25, -0.2) is 0 Å². The normalized spacial score (nSPS) is 23.1. The third-order valence-electron chi connectivity index (χ3n) is 3.98. The van der Waals surface area contributed by atoms with Gasteiger partial charge in [0.15, 0.2) is 0 Å². The van der Waals surface area contributed by atoms with E-state index in [9.17, 15) is 0 Å². The van der Waals surface area contributed by atoms with Gasteiger partial charge in [-0.05, 0) is 24.1 Å². The molecule has 0 N–H and O–H groups in total. The van der Waals surface area contributed by atoms with Crippen LogP contribution in [0, 0.1) is 0 Å². The molecule has 0 saturated carbocycles. The van der Waals surface area contributed by atoms with Gasteiger partial charge in [-0.15, -0.1) is 0 Å². The summed E-state index contributed by atoms with van der Waals surface area (Å²) in [5.41, 5.74) is 2.17. The van der Waals surface area contributed by atoms with Gasteiger partial charge in [-0.1, -0.05) is 64.5 Å². The smallest absolute Gasteiger partial charge is 0.145 e. The highest BCUT2D eigenvalue weighted by molar-refractivity contribution is 9.10. The molecule has 1 aliphatic heterocycles. The van der Waals surface area contributed by atoms with E-state index in [1.807, 2.05) is 12.1 Å². The number of nitrogens with zero attached hydrogens (tertiary/aromatic N) is 1. The molecule has 0 bridgehead atoms. The molecule has 0 radical (unpaired) electrons. The standard InChI is InChI=1S/C17H18BrNO/c1-17(15-8-3-2-4-9-15)19(11-12-20-17)13-14-7-5-6-10-16(14)18/h2-10H,11-13H2,1H3. The SMILES string of the molecule is CC1(c2ccccc2)OCCN1Cc1ccccc1Br. The molecular formula is C17H18BrNO. The third-order valence-corrected chi connectivity index (χ3v) is 4.75. The largest absolute Gasteiger partial charge is 0.355 e. The van der Waals surface area contributed by atoms with Gasteiger partial charge in [0.25, 0.3) is 0 Å². The topological polar surface area (TPSA) is 12.5 Å². The lowest BCUT2D eigenvalue weighted by Crippen LogP contribution is -2.39. The van der Waals surface area contributed by atoms with Crippen LogP contribution in [0.4, 0.5) is 0 Å². The Bertz CT molecular complexity index is 587. The maximum atomic E-state index is 6.06. The second-order valence-electron chi connectivity index (χ2n) is 5.21. The number of halogens is 1. The molecule has 0 aliphatic carbocycles. The minimum atomic E-state index is -0.337. The van der Waals surface area contributed by atoms with Crippen LogP contribution in [-0.2, 0) is 17.0 Å². The highest BCUT2D eigenvalue weighted by Crippen LogP contribution is 2.35. The van der Waals surface area contributed by atoms with Gasteiger partial charge in [0.1, 0.15) is 5.72 Å². The molecule has 1 fully saturated rings. The maximum Gasteiger partial charge on any atom is 0.145 e. The highest BCUT2D eigenvalue weighted by atomic mass is 79.9. The van der Waals surface area contributed by atoms with E-state index in [0.29, 0.717) is 0 Å². The quantitative estimate of drug-likeness (QED) is 0.837. The van der Waals surface area contributed by atoms with Gasteiger partial charge >= 0.3 is 0 Å². The summed E-state index contributed by atoms with van der Waals surface area (Å²) < 4.78 is 7.22. The lowest BCUT2D eigenvalue weighted by Gasteiger charge is -2.34. The molecule has 1 heterocycles. The van der Waals surface area contributed by atoms with E-state index in [2.05, 4.69) is 70.2 Å². The summed E-state index contributed by atoms with van der Waals surface area (Å²) in [6, 6.07) is 18.8. The molecule has 1 unspecified atom stereocenters. The lowest BCUT2D eigenvalue weighted by atomic mass is 10.0. The molecule has 2 aromatic carbocycles. The first-order valence-corrected chi connectivity index (χ1v) is 7.67. The van der Waals surface area contributed by atoms with Crippen LogP contribution in [0.25, 0.3) is 0 Å². The van der Waals surface area contributed by atoms with Gasteiger partial charge in [0.2, 0.25) is 0 Å². The summed E-state index contributed by atoms with van der Waals surface area (Å²) >= 11 is 3.63. The number of hydrogen-bond acceptors (Lipinski definition) is 2. The predicted octanol–water partition coefficient (Wildman–Crippen LogP) is 4.15. The molecule has 2 nitrogen and oxygen atoms in total. The summed E-state index contributed by atoms with van der Waals surface area (Å²) in [6.07, 6.45) is 0. The molecule has 104 valence electrons. The fourth-order valence-corrected chi connectivity index (χ4v) is 3.14. The van der Waals surface area contributed by atoms with Gasteiger partial charge in [0.05, 0.1) is 6.61 Å². The first-order valence-electron chi connectivity index (χ1n) is 6.88. The van der Waals surface area contributed by atoms with Crippen molar-refractivity contribution in [2.75, 3.05) is 13.2 Å². The van der Waals surface area contributed by atoms with Gasteiger partial charge in [-0.2, -0.15) is 0 Å². The van der Waals surface area contributed by atoms with Crippen LogP contribution < -0.4 is 0 Å². The van der Waals surface area contributed by atoms with Crippen molar-refractivity contribution in [3.63, 3.8) is 0 Å². The van der Waals surface area contributed by atoms with E-state index in [0.717, 1.165) is 24.2 Å². The van der Waals surface area contributed by atoms with Crippen LogP contribution in [0.5, 0.6) is 0 Å². The fraction of sp³-hybridized carbons (Fsp3) is 0.294. The van der Waals surface area contributed by atoms with Gasteiger partial charge in [-0.3, -0.25) is 4.90 Å². The van der Waals surface area contributed by atoms with Crippen molar-refractivity contribution in [3.8, 4) is 0 Å².